The van der Waals surface area contributed by atoms with Crippen LogP contribution in [-0.4, -0.2) is 4.57 Å². The standard InChI is InChI=1S/C26H25NS/c1-4-7-10-21-15-23(14-13-19(21)5-2)27-17-20(6-3)24(18-27)26-16-22-11-8-9-12-25(22)28-26/h3,8-9,11-18H,4-5,7,10H2,1-2H3. The van der Waals surface area contributed by atoms with Gasteiger partial charge in [0.15, 0.2) is 0 Å². The smallest absolute Gasteiger partial charge is 0.0510 e. The van der Waals surface area contributed by atoms with E-state index in [2.05, 4.69) is 85.3 Å². The number of hydrogen-bond acceptors (Lipinski definition) is 1. The van der Waals surface area contributed by atoms with Crippen molar-refractivity contribution in [3.8, 4) is 28.5 Å². The third-order valence-corrected chi connectivity index (χ3v) is 6.49. The summed E-state index contributed by atoms with van der Waals surface area (Å²) in [4.78, 5) is 1.23. The van der Waals surface area contributed by atoms with E-state index in [1.807, 2.05) is 0 Å². The molecule has 2 aromatic carbocycles. The topological polar surface area (TPSA) is 4.93 Å². The minimum absolute atomic E-state index is 0.946. The number of rotatable bonds is 6. The van der Waals surface area contributed by atoms with Gasteiger partial charge in [0.05, 0.1) is 5.56 Å². The first-order chi connectivity index (χ1) is 13.7. The van der Waals surface area contributed by atoms with E-state index in [4.69, 9.17) is 6.42 Å². The second kappa shape index (κ2) is 8.09. The van der Waals surface area contributed by atoms with Gasteiger partial charge in [0, 0.05) is 33.2 Å². The lowest BCUT2D eigenvalue weighted by Gasteiger charge is -2.11. The molecule has 2 aromatic heterocycles. The summed E-state index contributed by atoms with van der Waals surface area (Å²) >= 11 is 1.80. The second-order valence-corrected chi connectivity index (χ2v) is 8.28. The zero-order chi connectivity index (χ0) is 19.5. The number of hydrogen-bond donors (Lipinski definition) is 0. The molecular formula is C26H25NS. The molecule has 0 aliphatic rings. The SMILES string of the molecule is C#Cc1cn(-c2ccc(CC)c(CCCC)c2)cc1-c1cc2ccccc2s1. The van der Waals surface area contributed by atoms with Crippen LogP contribution in [0.3, 0.4) is 0 Å². The van der Waals surface area contributed by atoms with Crippen LogP contribution in [0.1, 0.15) is 43.4 Å². The Hall–Kier alpha value is -2.76. The van der Waals surface area contributed by atoms with Crippen LogP contribution < -0.4 is 0 Å². The van der Waals surface area contributed by atoms with Crippen molar-refractivity contribution >= 4 is 21.4 Å². The number of fused-ring (bicyclic) bond motifs is 1. The maximum Gasteiger partial charge on any atom is 0.0510 e. The summed E-state index contributed by atoms with van der Waals surface area (Å²) in [5, 5.41) is 1.27. The van der Waals surface area contributed by atoms with Crippen LogP contribution in [0.2, 0.25) is 0 Å². The summed E-state index contributed by atoms with van der Waals surface area (Å²) in [5.41, 5.74) is 6.18. The number of benzene rings is 2. The van der Waals surface area contributed by atoms with Crippen LogP contribution in [-0.2, 0) is 12.8 Å². The third-order valence-electron chi connectivity index (χ3n) is 5.34. The van der Waals surface area contributed by atoms with Gasteiger partial charge in [0.2, 0.25) is 0 Å². The van der Waals surface area contributed by atoms with Crippen molar-refractivity contribution in [2.45, 2.75) is 39.5 Å². The van der Waals surface area contributed by atoms with Crippen molar-refractivity contribution in [3.05, 3.63) is 77.6 Å². The van der Waals surface area contributed by atoms with Gasteiger partial charge in [-0.3, -0.25) is 0 Å². The number of aromatic nitrogens is 1. The number of unbranched alkanes of at least 4 members (excludes halogenated alkanes) is 1. The zero-order valence-corrected chi connectivity index (χ0v) is 17.4. The fourth-order valence-corrected chi connectivity index (χ4v) is 4.83. The van der Waals surface area contributed by atoms with Crippen molar-refractivity contribution in [2.24, 2.45) is 0 Å². The lowest BCUT2D eigenvalue weighted by molar-refractivity contribution is 0.786. The molecule has 0 atom stereocenters. The Kier molecular flexibility index (Phi) is 5.37. The molecular weight excluding hydrogens is 358 g/mol. The van der Waals surface area contributed by atoms with Gasteiger partial charge in [-0.25, -0.2) is 0 Å². The molecule has 2 heteroatoms. The molecule has 0 unspecified atom stereocenters. The van der Waals surface area contributed by atoms with Crippen LogP contribution in [0, 0.1) is 12.3 Å². The fourth-order valence-electron chi connectivity index (χ4n) is 3.75. The van der Waals surface area contributed by atoms with Crippen molar-refractivity contribution in [3.63, 3.8) is 0 Å². The van der Waals surface area contributed by atoms with Crippen LogP contribution in [0.5, 0.6) is 0 Å². The predicted molar refractivity (Wildman–Crippen MR) is 123 cm³/mol. The highest BCUT2D eigenvalue weighted by atomic mass is 32.1. The van der Waals surface area contributed by atoms with Crippen molar-refractivity contribution in [1.82, 2.24) is 4.57 Å². The monoisotopic (exact) mass is 383 g/mol. The summed E-state index contributed by atoms with van der Waals surface area (Å²) < 4.78 is 3.48. The number of aryl methyl sites for hydroxylation is 2. The maximum atomic E-state index is 5.86. The average molecular weight is 384 g/mol. The molecule has 0 saturated heterocycles. The molecule has 1 nitrogen and oxygen atoms in total. The molecule has 0 amide bonds. The highest BCUT2D eigenvalue weighted by molar-refractivity contribution is 7.22. The van der Waals surface area contributed by atoms with E-state index in [-0.39, 0.29) is 0 Å². The molecule has 0 fully saturated rings. The Bertz CT molecular complexity index is 1120. The Morgan fingerprint density at radius 3 is 2.61 bits per heavy atom. The van der Waals surface area contributed by atoms with E-state index < -0.39 is 0 Å². The van der Waals surface area contributed by atoms with E-state index in [1.54, 1.807) is 11.3 Å². The van der Waals surface area contributed by atoms with Crippen LogP contribution in [0.4, 0.5) is 0 Å². The minimum atomic E-state index is 0.946. The highest BCUT2D eigenvalue weighted by Gasteiger charge is 2.12. The Labute approximate surface area is 171 Å². The normalized spacial score (nSPS) is 11.0. The molecule has 0 N–H and O–H groups in total. The van der Waals surface area contributed by atoms with Gasteiger partial charge < -0.3 is 4.57 Å². The van der Waals surface area contributed by atoms with Crippen molar-refractivity contribution in [2.75, 3.05) is 0 Å². The predicted octanol–water partition coefficient (Wildman–Crippen LogP) is 7.25. The second-order valence-electron chi connectivity index (χ2n) is 7.20. The van der Waals surface area contributed by atoms with Gasteiger partial charge in [0.25, 0.3) is 0 Å². The quantitative estimate of drug-likeness (QED) is 0.309. The maximum absolute atomic E-state index is 5.86. The van der Waals surface area contributed by atoms with Crippen molar-refractivity contribution in [1.29, 1.82) is 0 Å². The molecule has 0 bridgehead atoms. The van der Waals surface area contributed by atoms with Crippen LogP contribution >= 0.6 is 11.3 Å². The van der Waals surface area contributed by atoms with Gasteiger partial charge in [-0.2, -0.15) is 0 Å². The Balaban J connectivity index is 1.77. The summed E-state index contributed by atoms with van der Waals surface area (Å²) in [6, 6.07) is 17.6. The van der Waals surface area contributed by atoms with Crippen LogP contribution in [0.25, 0.3) is 26.2 Å². The molecule has 0 radical (unpaired) electrons. The average Bonchev–Trinajstić information content (AvgIpc) is 3.35. The lowest BCUT2D eigenvalue weighted by atomic mass is 9.99. The summed E-state index contributed by atoms with van der Waals surface area (Å²) in [6.45, 7) is 4.48. The molecule has 0 spiro atoms. The molecule has 28 heavy (non-hydrogen) atoms. The number of nitrogens with zero attached hydrogens (tertiary/aromatic N) is 1. The first kappa shape index (κ1) is 18.6. The molecule has 140 valence electrons. The van der Waals surface area contributed by atoms with Gasteiger partial charge in [-0.15, -0.1) is 17.8 Å². The molecule has 4 aromatic rings. The minimum Gasteiger partial charge on any atom is -0.322 e. The van der Waals surface area contributed by atoms with Crippen molar-refractivity contribution < 1.29 is 0 Å². The first-order valence-electron chi connectivity index (χ1n) is 10.0. The van der Waals surface area contributed by atoms with Crippen LogP contribution in [0.15, 0.2) is 60.9 Å². The van der Waals surface area contributed by atoms with Gasteiger partial charge in [-0.1, -0.05) is 50.5 Å². The van der Waals surface area contributed by atoms with E-state index >= 15 is 0 Å². The number of terminal acetylenes is 1. The van der Waals surface area contributed by atoms with Gasteiger partial charge in [0.1, 0.15) is 0 Å². The van der Waals surface area contributed by atoms with Gasteiger partial charge >= 0.3 is 0 Å². The largest absolute Gasteiger partial charge is 0.322 e. The molecule has 4 rings (SSSR count). The number of thiophene rings is 1. The van der Waals surface area contributed by atoms with E-state index in [0.29, 0.717) is 0 Å². The summed E-state index contributed by atoms with van der Waals surface area (Å²) in [5.74, 6) is 2.89. The molecule has 0 aliphatic heterocycles. The van der Waals surface area contributed by atoms with Gasteiger partial charge in [-0.05, 0) is 60.0 Å². The Morgan fingerprint density at radius 1 is 1.00 bits per heavy atom. The highest BCUT2D eigenvalue weighted by Crippen LogP contribution is 2.36. The fraction of sp³-hybridized carbons (Fsp3) is 0.231. The van der Waals surface area contributed by atoms with E-state index in [1.165, 1.54) is 44.6 Å². The molecule has 2 heterocycles. The molecule has 0 saturated carbocycles. The van der Waals surface area contributed by atoms with E-state index in [0.717, 1.165) is 24.0 Å². The lowest BCUT2D eigenvalue weighted by Crippen LogP contribution is -1.97. The Morgan fingerprint density at radius 2 is 1.86 bits per heavy atom. The summed E-state index contributed by atoms with van der Waals surface area (Å²) in [6.07, 6.45) is 14.8. The zero-order valence-electron chi connectivity index (χ0n) is 16.5. The molecule has 0 aliphatic carbocycles. The summed E-state index contributed by atoms with van der Waals surface area (Å²) in [7, 11) is 0. The third kappa shape index (κ3) is 3.51. The first-order valence-corrected chi connectivity index (χ1v) is 10.8. The van der Waals surface area contributed by atoms with E-state index in [9.17, 15) is 0 Å².